The van der Waals surface area contributed by atoms with Gasteiger partial charge < -0.3 is 14.8 Å². The minimum absolute atomic E-state index is 0.129. The number of carbonyl (C=O) groups excluding carboxylic acids is 3. The van der Waals surface area contributed by atoms with E-state index in [1.54, 1.807) is 24.3 Å². The van der Waals surface area contributed by atoms with Crippen LogP contribution in [0.2, 0.25) is 5.02 Å². The fraction of sp³-hybridized carbons (Fsp3) is 0.167. The van der Waals surface area contributed by atoms with Crippen molar-refractivity contribution in [3.8, 4) is 0 Å². The number of halogens is 3. The van der Waals surface area contributed by atoms with Gasteiger partial charge in [0, 0.05) is 6.54 Å². The Morgan fingerprint density at radius 1 is 1.04 bits per heavy atom. The highest BCUT2D eigenvalue weighted by Crippen LogP contribution is 2.20. The van der Waals surface area contributed by atoms with Gasteiger partial charge in [-0.1, -0.05) is 23.7 Å². The van der Waals surface area contributed by atoms with Gasteiger partial charge in [0.1, 0.15) is 0 Å². The SMILES string of the molecule is COC(=O)c1ccc(CNC(=O)COC(=O)c2cc(F)c(F)cc2Cl)cc1. The summed E-state index contributed by atoms with van der Waals surface area (Å²) in [6.45, 7) is -0.502. The summed E-state index contributed by atoms with van der Waals surface area (Å²) >= 11 is 5.66. The van der Waals surface area contributed by atoms with E-state index in [4.69, 9.17) is 16.3 Å². The molecule has 1 N–H and O–H groups in total. The molecule has 0 aliphatic heterocycles. The molecule has 9 heteroatoms. The Balaban J connectivity index is 1.85. The number of hydrogen-bond donors (Lipinski definition) is 1. The summed E-state index contributed by atoms with van der Waals surface area (Å²) in [5, 5.41) is 2.18. The fourth-order valence-electron chi connectivity index (χ4n) is 2.02. The van der Waals surface area contributed by atoms with Gasteiger partial charge in [-0.15, -0.1) is 0 Å². The predicted octanol–water partition coefficient (Wildman–Crippen LogP) is 2.88. The average molecular weight is 398 g/mol. The van der Waals surface area contributed by atoms with Crippen molar-refractivity contribution in [3.63, 3.8) is 0 Å². The average Bonchev–Trinajstić information content (AvgIpc) is 2.67. The molecule has 0 heterocycles. The van der Waals surface area contributed by atoms with E-state index in [0.29, 0.717) is 23.3 Å². The molecule has 0 atom stereocenters. The molecule has 0 fully saturated rings. The lowest BCUT2D eigenvalue weighted by atomic mass is 10.1. The van der Waals surface area contributed by atoms with Crippen LogP contribution < -0.4 is 5.32 Å². The molecule has 1 amide bonds. The quantitative estimate of drug-likeness (QED) is 0.598. The molecule has 0 saturated carbocycles. The summed E-state index contributed by atoms with van der Waals surface area (Å²) in [6.07, 6.45) is 0. The molecule has 2 aromatic rings. The van der Waals surface area contributed by atoms with E-state index in [0.717, 1.165) is 0 Å². The van der Waals surface area contributed by atoms with Crippen LogP contribution in [0, 0.1) is 11.6 Å². The van der Waals surface area contributed by atoms with Gasteiger partial charge in [-0.25, -0.2) is 18.4 Å². The van der Waals surface area contributed by atoms with Gasteiger partial charge in [0.25, 0.3) is 5.91 Å². The van der Waals surface area contributed by atoms with Crippen LogP contribution in [0.5, 0.6) is 0 Å². The van der Waals surface area contributed by atoms with Gasteiger partial charge in [0.2, 0.25) is 0 Å². The molecule has 0 bridgehead atoms. The molecule has 0 aliphatic rings. The van der Waals surface area contributed by atoms with E-state index in [9.17, 15) is 23.2 Å². The summed E-state index contributed by atoms with van der Waals surface area (Å²) in [6, 6.07) is 7.57. The molecule has 0 spiro atoms. The Labute approximate surface area is 158 Å². The smallest absolute Gasteiger partial charge is 0.340 e. The maximum atomic E-state index is 13.2. The fourth-order valence-corrected chi connectivity index (χ4v) is 2.24. The standard InChI is InChI=1S/C18H14ClF2NO5/c1-26-17(24)11-4-2-10(3-5-11)8-22-16(23)9-27-18(25)12-6-14(20)15(21)7-13(12)19/h2-7H,8-9H2,1H3,(H,22,23). The molecule has 2 rings (SSSR count). The highest BCUT2D eigenvalue weighted by molar-refractivity contribution is 6.33. The molecule has 142 valence electrons. The predicted molar refractivity (Wildman–Crippen MR) is 91.3 cm³/mol. The normalized spacial score (nSPS) is 10.2. The summed E-state index contributed by atoms with van der Waals surface area (Å²) in [5.74, 6) is -4.61. The molecule has 0 aliphatic carbocycles. The Bertz CT molecular complexity index is 871. The summed E-state index contributed by atoms with van der Waals surface area (Å²) in [7, 11) is 1.27. The lowest BCUT2D eigenvalue weighted by Gasteiger charge is -2.08. The van der Waals surface area contributed by atoms with Crippen LogP contribution in [0.3, 0.4) is 0 Å². The Hall–Kier alpha value is -3.00. The second-order valence-corrected chi connectivity index (χ2v) is 5.69. The monoisotopic (exact) mass is 397 g/mol. The topological polar surface area (TPSA) is 81.7 Å². The van der Waals surface area contributed by atoms with Crippen molar-refractivity contribution < 1.29 is 32.6 Å². The maximum Gasteiger partial charge on any atom is 0.340 e. The molecule has 0 unspecified atom stereocenters. The molecular weight excluding hydrogens is 384 g/mol. The first-order valence-corrected chi connectivity index (χ1v) is 7.95. The molecular formula is C18H14ClF2NO5. The van der Waals surface area contributed by atoms with Crippen molar-refractivity contribution in [2.45, 2.75) is 6.54 Å². The third kappa shape index (κ3) is 5.49. The van der Waals surface area contributed by atoms with Gasteiger partial charge in [-0.2, -0.15) is 0 Å². The summed E-state index contributed by atoms with van der Waals surface area (Å²) in [4.78, 5) is 34.9. The molecule has 27 heavy (non-hydrogen) atoms. The van der Waals surface area contributed by atoms with Gasteiger partial charge in [-0.3, -0.25) is 4.79 Å². The highest BCUT2D eigenvalue weighted by Gasteiger charge is 2.17. The Kier molecular flexibility index (Phi) is 6.84. The van der Waals surface area contributed by atoms with Crippen molar-refractivity contribution in [2.75, 3.05) is 13.7 Å². The third-order valence-electron chi connectivity index (χ3n) is 3.43. The van der Waals surface area contributed by atoms with Crippen molar-refractivity contribution in [2.24, 2.45) is 0 Å². The maximum absolute atomic E-state index is 13.2. The first-order chi connectivity index (χ1) is 12.8. The number of rotatable bonds is 6. The van der Waals surface area contributed by atoms with Gasteiger partial charge in [-0.05, 0) is 29.8 Å². The van der Waals surface area contributed by atoms with Crippen molar-refractivity contribution in [3.05, 3.63) is 69.7 Å². The number of amides is 1. The van der Waals surface area contributed by atoms with E-state index in [2.05, 4.69) is 10.1 Å². The number of methoxy groups -OCH3 is 1. The lowest BCUT2D eigenvalue weighted by Crippen LogP contribution is -2.28. The minimum Gasteiger partial charge on any atom is -0.465 e. The lowest BCUT2D eigenvalue weighted by molar-refractivity contribution is -0.124. The van der Waals surface area contributed by atoms with E-state index < -0.39 is 36.1 Å². The minimum atomic E-state index is -1.26. The van der Waals surface area contributed by atoms with E-state index in [-0.39, 0.29) is 17.1 Å². The Morgan fingerprint density at radius 2 is 1.67 bits per heavy atom. The van der Waals surface area contributed by atoms with Crippen molar-refractivity contribution >= 4 is 29.4 Å². The summed E-state index contributed by atoms with van der Waals surface area (Å²) in [5.41, 5.74) is 0.678. The number of benzene rings is 2. The largest absolute Gasteiger partial charge is 0.465 e. The molecule has 0 saturated heterocycles. The van der Waals surface area contributed by atoms with E-state index in [1.807, 2.05) is 0 Å². The highest BCUT2D eigenvalue weighted by atomic mass is 35.5. The molecule has 2 aromatic carbocycles. The number of ether oxygens (including phenoxy) is 2. The van der Waals surface area contributed by atoms with Crippen LogP contribution in [-0.2, 0) is 20.8 Å². The van der Waals surface area contributed by atoms with Crippen LogP contribution in [-0.4, -0.2) is 31.6 Å². The molecule has 6 nitrogen and oxygen atoms in total. The second kappa shape index (κ2) is 9.09. The van der Waals surface area contributed by atoms with Crippen LogP contribution in [0.4, 0.5) is 8.78 Å². The second-order valence-electron chi connectivity index (χ2n) is 5.29. The van der Waals surface area contributed by atoms with Gasteiger partial charge in [0.05, 0.1) is 23.3 Å². The van der Waals surface area contributed by atoms with Crippen molar-refractivity contribution in [1.82, 2.24) is 5.32 Å². The third-order valence-corrected chi connectivity index (χ3v) is 3.74. The number of hydrogen-bond acceptors (Lipinski definition) is 5. The number of nitrogens with one attached hydrogen (secondary N) is 1. The van der Waals surface area contributed by atoms with Crippen molar-refractivity contribution in [1.29, 1.82) is 0 Å². The zero-order valence-electron chi connectivity index (χ0n) is 14.1. The van der Waals surface area contributed by atoms with Crippen LogP contribution in [0.1, 0.15) is 26.3 Å². The molecule has 0 radical (unpaired) electrons. The number of carbonyl (C=O) groups is 3. The van der Waals surface area contributed by atoms with E-state index >= 15 is 0 Å². The number of esters is 2. The summed E-state index contributed by atoms with van der Waals surface area (Å²) < 4.78 is 35.5. The van der Waals surface area contributed by atoms with Gasteiger partial charge in [0.15, 0.2) is 18.2 Å². The first kappa shape index (κ1) is 20.3. The van der Waals surface area contributed by atoms with E-state index in [1.165, 1.54) is 7.11 Å². The first-order valence-electron chi connectivity index (χ1n) is 7.57. The zero-order valence-corrected chi connectivity index (χ0v) is 14.8. The van der Waals surface area contributed by atoms with Gasteiger partial charge >= 0.3 is 11.9 Å². The van der Waals surface area contributed by atoms with Crippen LogP contribution >= 0.6 is 11.6 Å². The van der Waals surface area contributed by atoms with Crippen LogP contribution in [0.25, 0.3) is 0 Å². The van der Waals surface area contributed by atoms with Crippen LogP contribution in [0.15, 0.2) is 36.4 Å². The zero-order chi connectivity index (χ0) is 20.0. The Morgan fingerprint density at radius 3 is 2.30 bits per heavy atom. The molecule has 0 aromatic heterocycles.